The molecule has 3 rings (SSSR count). The largest absolute Gasteiger partial charge is 0.337 e. The van der Waals surface area contributed by atoms with Gasteiger partial charge in [-0.1, -0.05) is 12.1 Å². The first-order valence-corrected chi connectivity index (χ1v) is 12.3. The number of carbonyl (C=O) groups excluding carboxylic acids is 1. The Labute approximate surface area is 168 Å². The summed E-state index contributed by atoms with van der Waals surface area (Å²) in [5.74, 6) is -0.782. The maximum Gasteiger partial charge on any atom is 0.270 e. The SMILES string of the molecule is O=C(C=Cc1cccc([N+](=O)[O-])c1)N1CCN(S(=O)(=O)C2CCS(=O)(=O)C2)CC1. The van der Waals surface area contributed by atoms with Crippen LogP contribution in [0, 0.1) is 10.1 Å². The molecular formula is C17H21N3O7S2. The standard InChI is InChI=1S/C17H21N3O7S2/c21-17(5-4-14-2-1-3-15(12-14)20(22)23)18-7-9-19(10-8-18)29(26,27)16-6-11-28(24,25)13-16/h1-5,12,16H,6-11,13H2. The monoisotopic (exact) mass is 443 g/mol. The van der Waals surface area contributed by atoms with Crippen LogP contribution in [-0.2, 0) is 24.7 Å². The summed E-state index contributed by atoms with van der Waals surface area (Å²) < 4.78 is 49.7. The van der Waals surface area contributed by atoms with E-state index in [0.29, 0.717) is 5.56 Å². The first kappa shape index (κ1) is 21.4. The van der Waals surface area contributed by atoms with Crippen LogP contribution in [0.4, 0.5) is 5.69 Å². The number of carbonyl (C=O) groups is 1. The Bertz CT molecular complexity index is 1040. The molecule has 2 aliphatic heterocycles. The summed E-state index contributed by atoms with van der Waals surface area (Å²) in [6, 6.07) is 5.87. The van der Waals surface area contributed by atoms with Crippen molar-refractivity contribution in [1.82, 2.24) is 9.21 Å². The van der Waals surface area contributed by atoms with Crippen LogP contribution in [0.5, 0.6) is 0 Å². The van der Waals surface area contributed by atoms with Gasteiger partial charge in [-0.3, -0.25) is 14.9 Å². The van der Waals surface area contributed by atoms with E-state index in [1.807, 2.05) is 0 Å². The molecular weight excluding hydrogens is 422 g/mol. The van der Waals surface area contributed by atoms with E-state index in [-0.39, 0.29) is 55.7 Å². The van der Waals surface area contributed by atoms with Crippen LogP contribution in [0.15, 0.2) is 30.3 Å². The second-order valence-corrected chi connectivity index (χ2v) is 11.4. The summed E-state index contributed by atoms with van der Waals surface area (Å²) in [4.78, 5) is 24.1. The van der Waals surface area contributed by atoms with Crippen LogP contribution in [0.3, 0.4) is 0 Å². The van der Waals surface area contributed by atoms with E-state index in [2.05, 4.69) is 0 Å². The van der Waals surface area contributed by atoms with E-state index in [1.54, 1.807) is 6.07 Å². The van der Waals surface area contributed by atoms with Gasteiger partial charge in [0.2, 0.25) is 15.9 Å². The van der Waals surface area contributed by atoms with Crippen LogP contribution in [0.2, 0.25) is 0 Å². The zero-order chi connectivity index (χ0) is 21.2. The van der Waals surface area contributed by atoms with E-state index < -0.39 is 30.0 Å². The summed E-state index contributed by atoms with van der Waals surface area (Å²) in [5, 5.41) is 9.89. The number of benzene rings is 1. The summed E-state index contributed by atoms with van der Waals surface area (Å²) in [6.07, 6.45) is 2.88. The molecule has 1 aromatic rings. The van der Waals surface area contributed by atoms with E-state index in [1.165, 1.54) is 39.6 Å². The van der Waals surface area contributed by atoms with Crippen LogP contribution < -0.4 is 0 Å². The van der Waals surface area contributed by atoms with Crippen molar-refractivity contribution in [3.05, 3.63) is 46.0 Å². The van der Waals surface area contributed by atoms with Crippen LogP contribution in [0.25, 0.3) is 6.08 Å². The molecule has 1 unspecified atom stereocenters. The number of rotatable bonds is 5. The number of sulfonamides is 1. The average Bonchev–Trinajstić information content (AvgIpc) is 3.07. The zero-order valence-corrected chi connectivity index (χ0v) is 17.1. The second-order valence-electron chi connectivity index (χ2n) is 6.98. The molecule has 29 heavy (non-hydrogen) atoms. The molecule has 2 fully saturated rings. The van der Waals surface area contributed by atoms with Crippen molar-refractivity contribution >= 4 is 37.5 Å². The fourth-order valence-corrected chi connectivity index (χ4v) is 7.90. The van der Waals surface area contributed by atoms with E-state index >= 15 is 0 Å². The minimum atomic E-state index is -3.72. The highest BCUT2D eigenvalue weighted by molar-refractivity contribution is 7.95. The van der Waals surface area contributed by atoms with Gasteiger partial charge in [-0.25, -0.2) is 16.8 Å². The highest BCUT2D eigenvalue weighted by Crippen LogP contribution is 2.23. The predicted octanol–water partition coefficient (Wildman–Crippen LogP) is 0.269. The Hall–Kier alpha value is -2.31. The Morgan fingerprint density at radius 1 is 1.21 bits per heavy atom. The number of nitrogens with zero attached hydrogens (tertiary/aromatic N) is 3. The molecule has 0 aromatic heterocycles. The first-order chi connectivity index (χ1) is 13.6. The van der Waals surface area contributed by atoms with Crippen molar-refractivity contribution in [3.63, 3.8) is 0 Å². The number of hydrogen-bond acceptors (Lipinski definition) is 7. The third-order valence-electron chi connectivity index (χ3n) is 5.02. The van der Waals surface area contributed by atoms with E-state index in [9.17, 15) is 31.7 Å². The second kappa shape index (κ2) is 8.20. The molecule has 1 atom stereocenters. The minimum Gasteiger partial charge on any atom is -0.337 e. The zero-order valence-electron chi connectivity index (χ0n) is 15.5. The van der Waals surface area contributed by atoms with Crippen LogP contribution >= 0.6 is 0 Å². The minimum absolute atomic E-state index is 0.0765. The molecule has 0 radical (unpaired) electrons. The normalized spacial score (nSPS) is 22.8. The molecule has 0 N–H and O–H groups in total. The molecule has 2 aliphatic rings. The van der Waals surface area contributed by atoms with Crippen molar-refractivity contribution in [1.29, 1.82) is 0 Å². The molecule has 2 saturated heterocycles. The molecule has 0 bridgehead atoms. The third kappa shape index (κ3) is 5.00. The van der Waals surface area contributed by atoms with Gasteiger partial charge < -0.3 is 4.90 Å². The summed E-state index contributed by atoms with van der Waals surface area (Å²) in [5.41, 5.74) is 0.434. The molecule has 1 aromatic carbocycles. The lowest BCUT2D eigenvalue weighted by Gasteiger charge is -2.34. The Kier molecular flexibility index (Phi) is 6.05. The maximum absolute atomic E-state index is 12.6. The van der Waals surface area contributed by atoms with Crippen molar-refractivity contribution in [2.24, 2.45) is 0 Å². The van der Waals surface area contributed by atoms with Gasteiger partial charge in [0.15, 0.2) is 9.84 Å². The molecule has 0 spiro atoms. The van der Waals surface area contributed by atoms with E-state index in [4.69, 9.17) is 0 Å². The van der Waals surface area contributed by atoms with Crippen LogP contribution in [-0.4, -0.2) is 79.8 Å². The lowest BCUT2D eigenvalue weighted by Crippen LogP contribution is -2.52. The van der Waals surface area contributed by atoms with E-state index in [0.717, 1.165) is 0 Å². The quantitative estimate of drug-likeness (QED) is 0.362. The van der Waals surface area contributed by atoms with Crippen molar-refractivity contribution < 1.29 is 26.6 Å². The molecule has 2 heterocycles. The van der Waals surface area contributed by atoms with Crippen molar-refractivity contribution in [2.45, 2.75) is 11.7 Å². The number of non-ortho nitro benzene ring substituents is 1. The molecule has 0 aliphatic carbocycles. The summed E-state index contributed by atoms with van der Waals surface area (Å²) >= 11 is 0. The number of sulfone groups is 1. The highest BCUT2D eigenvalue weighted by Gasteiger charge is 2.41. The molecule has 158 valence electrons. The Balaban J connectivity index is 1.58. The predicted molar refractivity (Wildman–Crippen MR) is 106 cm³/mol. The van der Waals surface area contributed by atoms with Gasteiger partial charge in [0.1, 0.15) is 0 Å². The lowest BCUT2D eigenvalue weighted by molar-refractivity contribution is -0.384. The van der Waals surface area contributed by atoms with Gasteiger partial charge >= 0.3 is 0 Å². The third-order valence-corrected chi connectivity index (χ3v) is 9.33. The van der Waals surface area contributed by atoms with Gasteiger partial charge in [0, 0.05) is 44.4 Å². The van der Waals surface area contributed by atoms with Gasteiger partial charge in [-0.15, -0.1) is 0 Å². The molecule has 12 heteroatoms. The fourth-order valence-electron chi connectivity index (χ4n) is 3.38. The lowest BCUT2D eigenvalue weighted by atomic mass is 10.2. The molecule has 0 saturated carbocycles. The highest BCUT2D eigenvalue weighted by atomic mass is 32.2. The number of hydrogen-bond donors (Lipinski definition) is 0. The number of piperazine rings is 1. The number of amides is 1. The Morgan fingerprint density at radius 3 is 2.48 bits per heavy atom. The van der Waals surface area contributed by atoms with Gasteiger partial charge in [-0.05, 0) is 18.1 Å². The first-order valence-electron chi connectivity index (χ1n) is 8.99. The molecule has 10 nitrogen and oxygen atoms in total. The Morgan fingerprint density at radius 2 is 1.90 bits per heavy atom. The van der Waals surface area contributed by atoms with Crippen molar-refractivity contribution in [2.75, 3.05) is 37.7 Å². The number of nitro groups is 1. The van der Waals surface area contributed by atoms with Gasteiger partial charge in [0.25, 0.3) is 5.69 Å². The summed E-state index contributed by atoms with van der Waals surface area (Å²) in [6.45, 7) is 0.595. The average molecular weight is 444 g/mol. The topological polar surface area (TPSA) is 135 Å². The van der Waals surface area contributed by atoms with Gasteiger partial charge in [0.05, 0.1) is 21.7 Å². The van der Waals surface area contributed by atoms with Crippen LogP contribution in [0.1, 0.15) is 12.0 Å². The molecule has 1 amide bonds. The smallest absolute Gasteiger partial charge is 0.270 e. The summed E-state index contributed by atoms with van der Waals surface area (Å²) in [7, 11) is -7.02. The number of nitro benzene ring substituents is 1. The fraction of sp³-hybridized carbons (Fsp3) is 0.471. The maximum atomic E-state index is 12.6. The van der Waals surface area contributed by atoms with Crippen molar-refractivity contribution in [3.8, 4) is 0 Å². The van der Waals surface area contributed by atoms with Gasteiger partial charge in [-0.2, -0.15) is 4.31 Å².